The zero-order valence-electron chi connectivity index (χ0n) is 15.6. The number of anilines is 1. The Bertz CT molecular complexity index is 1250. The summed E-state index contributed by atoms with van der Waals surface area (Å²) in [5.74, 6) is -0.533. The number of nitrogens with zero attached hydrogens (tertiary/aromatic N) is 3. The summed E-state index contributed by atoms with van der Waals surface area (Å²) in [6.45, 7) is 0. The van der Waals surface area contributed by atoms with Gasteiger partial charge in [0.1, 0.15) is 5.82 Å². The summed E-state index contributed by atoms with van der Waals surface area (Å²) in [6.07, 6.45) is 2.34. The van der Waals surface area contributed by atoms with E-state index in [0.29, 0.717) is 28.0 Å². The molecule has 0 bridgehead atoms. The number of thiazole rings is 1. The maximum Gasteiger partial charge on any atom is 0.274 e. The van der Waals surface area contributed by atoms with Crippen molar-refractivity contribution >= 4 is 33.1 Å². The van der Waals surface area contributed by atoms with Crippen LogP contribution in [0.25, 0.3) is 10.8 Å². The number of carbonyl (C=O) groups excluding carboxylic acids is 1. The zero-order chi connectivity index (χ0) is 20.4. The van der Waals surface area contributed by atoms with E-state index >= 15 is 0 Å². The first-order valence-corrected chi connectivity index (χ1v) is 9.75. The maximum atomic E-state index is 13.0. The molecule has 1 N–H and O–H groups in total. The van der Waals surface area contributed by atoms with E-state index in [4.69, 9.17) is 0 Å². The fraction of sp³-hybridized carbons (Fsp3) is 0.143. The number of carbonyl (C=O) groups is 1. The Balaban J connectivity index is 1.48. The largest absolute Gasteiger partial charge is 0.302 e. The third-order valence-electron chi connectivity index (χ3n) is 4.45. The molecule has 0 unspecified atom stereocenters. The SMILES string of the molecule is Cn1nc(CC(=O)Nc2ncc(Cc3ccc(F)cc3)s2)c2ccccc2c1=O. The van der Waals surface area contributed by atoms with Crippen LogP contribution in [0.3, 0.4) is 0 Å². The molecule has 0 saturated heterocycles. The molecule has 6 nitrogen and oxygen atoms in total. The summed E-state index contributed by atoms with van der Waals surface area (Å²) in [4.78, 5) is 29.9. The summed E-state index contributed by atoms with van der Waals surface area (Å²) >= 11 is 1.37. The van der Waals surface area contributed by atoms with Crippen molar-refractivity contribution in [1.29, 1.82) is 0 Å². The molecule has 4 aromatic rings. The summed E-state index contributed by atoms with van der Waals surface area (Å²) in [5, 5.41) is 8.72. The van der Waals surface area contributed by atoms with Crippen molar-refractivity contribution in [2.45, 2.75) is 12.8 Å². The second-order valence-corrected chi connectivity index (χ2v) is 7.70. The second-order valence-electron chi connectivity index (χ2n) is 6.58. The molecule has 2 heterocycles. The molecule has 0 radical (unpaired) electrons. The van der Waals surface area contributed by atoms with E-state index in [-0.39, 0.29) is 23.7 Å². The normalized spacial score (nSPS) is 11.0. The smallest absolute Gasteiger partial charge is 0.274 e. The Labute approximate surface area is 169 Å². The van der Waals surface area contributed by atoms with Crippen LogP contribution in [0, 0.1) is 5.82 Å². The van der Waals surface area contributed by atoms with E-state index in [1.807, 2.05) is 6.07 Å². The van der Waals surface area contributed by atoms with Gasteiger partial charge in [-0.3, -0.25) is 9.59 Å². The van der Waals surface area contributed by atoms with Crippen molar-refractivity contribution in [2.24, 2.45) is 7.05 Å². The molecule has 0 saturated carbocycles. The molecule has 29 heavy (non-hydrogen) atoms. The average Bonchev–Trinajstić information content (AvgIpc) is 3.14. The van der Waals surface area contributed by atoms with Crippen LogP contribution in [0.15, 0.2) is 59.5 Å². The molecule has 0 aliphatic rings. The highest BCUT2D eigenvalue weighted by molar-refractivity contribution is 7.15. The molecule has 0 aliphatic heterocycles. The van der Waals surface area contributed by atoms with Gasteiger partial charge in [0, 0.05) is 29.9 Å². The molecule has 0 atom stereocenters. The van der Waals surface area contributed by atoms with Crippen molar-refractivity contribution < 1.29 is 9.18 Å². The van der Waals surface area contributed by atoms with E-state index < -0.39 is 0 Å². The molecular weight excluding hydrogens is 391 g/mol. The van der Waals surface area contributed by atoms with Gasteiger partial charge in [-0.05, 0) is 23.8 Å². The van der Waals surface area contributed by atoms with Gasteiger partial charge in [-0.1, -0.05) is 30.3 Å². The lowest BCUT2D eigenvalue weighted by Crippen LogP contribution is -2.24. The highest BCUT2D eigenvalue weighted by atomic mass is 32.1. The molecular formula is C21H17FN4O2S. The molecule has 0 aliphatic carbocycles. The molecule has 4 rings (SSSR count). The number of halogens is 1. The number of nitrogens with one attached hydrogen (secondary N) is 1. The number of hydrogen-bond acceptors (Lipinski definition) is 5. The lowest BCUT2D eigenvalue weighted by Gasteiger charge is -2.07. The molecule has 0 fully saturated rings. The lowest BCUT2D eigenvalue weighted by molar-refractivity contribution is -0.115. The van der Waals surface area contributed by atoms with Crippen molar-refractivity contribution in [3.8, 4) is 0 Å². The first kappa shape index (κ1) is 18.9. The number of rotatable bonds is 5. The third kappa shape index (κ3) is 4.22. The van der Waals surface area contributed by atoms with Crippen molar-refractivity contribution in [2.75, 3.05) is 5.32 Å². The highest BCUT2D eigenvalue weighted by Crippen LogP contribution is 2.22. The van der Waals surface area contributed by atoms with Crippen LogP contribution in [0.4, 0.5) is 9.52 Å². The summed E-state index contributed by atoms with van der Waals surface area (Å²) in [6, 6.07) is 13.4. The minimum Gasteiger partial charge on any atom is -0.302 e. The van der Waals surface area contributed by atoms with Gasteiger partial charge in [0.05, 0.1) is 17.5 Å². The van der Waals surface area contributed by atoms with E-state index in [2.05, 4.69) is 15.4 Å². The van der Waals surface area contributed by atoms with Crippen LogP contribution in [0.1, 0.15) is 16.1 Å². The Morgan fingerprint density at radius 1 is 1.14 bits per heavy atom. The number of aromatic nitrogens is 3. The van der Waals surface area contributed by atoms with Crippen LogP contribution in [0.2, 0.25) is 0 Å². The minimum absolute atomic E-state index is 0.0293. The van der Waals surface area contributed by atoms with Gasteiger partial charge in [0.15, 0.2) is 5.13 Å². The number of fused-ring (bicyclic) bond motifs is 1. The van der Waals surface area contributed by atoms with E-state index in [0.717, 1.165) is 10.4 Å². The Kier molecular flexibility index (Phi) is 5.18. The third-order valence-corrected chi connectivity index (χ3v) is 5.37. The lowest BCUT2D eigenvalue weighted by atomic mass is 10.1. The zero-order valence-corrected chi connectivity index (χ0v) is 16.4. The monoisotopic (exact) mass is 408 g/mol. The van der Waals surface area contributed by atoms with Gasteiger partial charge in [-0.2, -0.15) is 5.10 Å². The predicted octanol–water partition coefficient (Wildman–Crippen LogP) is 3.30. The topological polar surface area (TPSA) is 76.9 Å². The van der Waals surface area contributed by atoms with Gasteiger partial charge in [-0.15, -0.1) is 11.3 Å². The quantitative estimate of drug-likeness (QED) is 0.550. The van der Waals surface area contributed by atoms with Gasteiger partial charge in [-0.25, -0.2) is 14.1 Å². The van der Waals surface area contributed by atoms with E-state index in [1.54, 1.807) is 43.6 Å². The number of amides is 1. The Morgan fingerprint density at radius 2 is 1.86 bits per heavy atom. The molecule has 2 aromatic heterocycles. The second kappa shape index (κ2) is 7.92. The summed E-state index contributed by atoms with van der Waals surface area (Å²) in [7, 11) is 1.57. The summed E-state index contributed by atoms with van der Waals surface area (Å²) < 4.78 is 14.3. The van der Waals surface area contributed by atoms with Crippen molar-refractivity contribution in [1.82, 2.24) is 14.8 Å². The highest BCUT2D eigenvalue weighted by Gasteiger charge is 2.14. The van der Waals surface area contributed by atoms with Gasteiger partial charge >= 0.3 is 0 Å². The van der Waals surface area contributed by atoms with Crippen molar-refractivity contribution in [3.05, 3.63) is 87.0 Å². The van der Waals surface area contributed by atoms with Gasteiger partial charge < -0.3 is 5.32 Å². The Hall–Kier alpha value is -3.39. The Morgan fingerprint density at radius 3 is 2.62 bits per heavy atom. The number of hydrogen-bond donors (Lipinski definition) is 1. The maximum absolute atomic E-state index is 13.0. The van der Waals surface area contributed by atoms with Crippen LogP contribution < -0.4 is 10.9 Å². The predicted molar refractivity (Wildman–Crippen MR) is 111 cm³/mol. The van der Waals surface area contributed by atoms with Crippen LogP contribution in [-0.4, -0.2) is 20.7 Å². The minimum atomic E-state index is -0.273. The van der Waals surface area contributed by atoms with Gasteiger partial charge in [0.2, 0.25) is 5.91 Å². The first-order valence-electron chi connectivity index (χ1n) is 8.93. The molecule has 1 amide bonds. The average molecular weight is 408 g/mol. The number of aryl methyl sites for hydroxylation is 1. The molecule has 0 spiro atoms. The van der Waals surface area contributed by atoms with Crippen molar-refractivity contribution in [3.63, 3.8) is 0 Å². The molecule has 2 aromatic carbocycles. The van der Waals surface area contributed by atoms with Gasteiger partial charge in [0.25, 0.3) is 5.56 Å². The molecule has 8 heteroatoms. The van der Waals surface area contributed by atoms with Crippen LogP contribution >= 0.6 is 11.3 Å². The fourth-order valence-electron chi connectivity index (χ4n) is 3.07. The van der Waals surface area contributed by atoms with E-state index in [9.17, 15) is 14.0 Å². The fourth-order valence-corrected chi connectivity index (χ4v) is 3.94. The number of benzene rings is 2. The molecule has 146 valence electrons. The first-order chi connectivity index (χ1) is 14.0. The summed E-state index contributed by atoms with van der Waals surface area (Å²) in [5.41, 5.74) is 1.30. The standard InChI is InChI=1S/C21H17FN4O2S/c1-26-20(28)17-5-3-2-4-16(17)18(25-26)11-19(27)24-21-23-12-15(29-21)10-13-6-8-14(22)9-7-13/h2-9,12H,10-11H2,1H3,(H,23,24,27). The van der Waals surface area contributed by atoms with Crippen LogP contribution in [0.5, 0.6) is 0 Å². The van der Waals surface area contributed by atoms with E-state index in [1.165, 1.54) is 28.2 Å². The van der Waals surface area contributed by atoms with Crippen LogP contribution in [-0.2, 0) is 24.7 Å².